The van der Waals surface area contributed by atoms with E-state index < -0.39 is 0 Å². The molecule has 4 rings (SSSR count). The highest BCUT2D eigenvalue weighted by molar-refractivity contribution is 7.14. The van der Waals surface area contributed by atoms with Gasteiger partial charge in [-0.25, -0.2) is 9.67 Å². The molecule has 0 radical (unpaired) electrons. The molecule has 134 valence electrons. The molecule has 0 N–H and O–H groups in total. The first-order chi connectivity index (χ1) is 13.2. The molecule has 0 saturated heterocycles. The molecule has 0 unspecified atom stereocenters. The lowest BCUT2D eigenvalue weighted by atomic mass is 10.1. The summed E-state index contributed by atoms with van der Waals surface area (Å²) in [4.78, 5) is 4.47. The van der Waals surface area contributed by atoms with Gasteiger partial charge in [0, 0.05) is 23.5 Å². The van der Waals surface area contributed by atoms with Gasteiger partial charge >= 0.3 is 0 Å². The third-order valence-electron chi connectivity index (χ3n) is 3.96. The van der Waals surface area contributed by atoms with E-state index in [9.17, 15) is 0 Å². The van der Waals surface area contributed by atoms with Gasteiger partial charge in [0.05, 0.1) is 12.8 Å². The summed E-state index contributed by atoms with van der Waals surface area (Å²) >= 11 is 1.45. The Morgan fingerprint density at radius 3 is 2.48 bits per heavy atom. The van der Waals surface area contributed by atoms with E-state index >= 15 is 0 Å². The fourth-order valence-electron chi connectivity index (χ4n) is 2.63. The summed E-state index contributed by atoms with van der Waals surface area (Å²) < 4.78 is 7.11. The van der Waals surface area contributed by atoms with Crippen molar-refractivity contribution in [2.45, 2.75) is 6.92 Å². The lowest BCUT2D eigenvalue weighted by Gasteiger charge is -2.02. The van der Waals surface area contributed by atoms with Gasteiger partial charge in [0.2, 0.25) is 5.13 Å². The zero-order valence-corrected chi connectivity index (χ0v) is 15.7. The van der Waals surface area contributed by atoms with Gasteiger partial charge in [-0.05, 0) is 43.3 Å². The summed E-state index contributed by atoms with van der Waals surface area (Å²) in [6.07, 6.45) is 3.75. The van der Waals surface area contributed by atoms with Crippen LogP contribution in [0.5, 0.6) is 5.75 Å². The van der Waals surface area contributed by atoms with E-state index in [-0.39, 0.29) is 0 Å². The van der Waals surface area contributed by atoms with Crippen LogP contribution in [0, 0.1) is 6.92 Å². The summed E-state index contributed by atoms with van der Waals surface area (Å²) in [6, 6.07) is 17.8. The molecule has 0 saturated carbocycles. The number of methoxy groups -OCH3 is 1. The smallest absolute Gasteiger partial charge is 0.231 e. The van der Waals surface area contributed by atoms with Gasteiger partial charge in [0.25, 0.3) is 0 Å². The van der Waals surface area contributed by atoms with Crippen molar-refractivity contribution in [3.05, 3.63) is 71.4 Å². The second-order valence-electron chi connectivity index (χ2n) is 5.80. The number of ether oxygens (including phenoxy) is 1. The highest BCUT2D eigenvalue weighted by Gasteiger charge is 2.11. The molecule has 2 aromatic carbocycles. The van der Waals surface area contributed by atoms with Crippen molar-refractivity contribution >= 4 is 22.7 Å². The molecule has 4 aromatic rings. The maximum Gasteiger partial charge on any atom is 0.231 e. The monoisotopic (exact) mass is 375 g/mol. The number of rotatable bonds is 5. The van der Waals surface area contributed by atoms with Gasteiger partial charge in [0.1, 0.15) is 16.5 Å². The Kier molecular flexibility index (Phi) is 4.76. The SMILES string of the molecule is COc1ccc(-c2nn(-c3ccccc3)cc2/C=N/c2nnc(C)s2)cc1. The third kappa shape index (κ3) is 3.78. The second kappa shape index (κ2) is 7.51. The van der Waals surface area contributed by atoms with Crippen LogP contribution >= 0.6 is 11.3 Å². The Balaban J connectivity index is 1.77. The van der Waals surface area contributed by atoms with Crippen LogP contribution in [-0.4, -0.2) is 33.3 Å². The van der Waals surface area contributed by atoms with Crippen molar-refractivity contribution in [2.75, 3.05) is 7.11 Å². The van der Waals surface area contributed by atoms with Crippen LogP contribution in [0.4, 0.5) is 5.13 Å². The molecule has 0 atom stereocenters. The number of benzene rings is 2. The molecular formula is C20H17N5OS. The van der Waals surface area contributed by atoms with E-state index in [2.05, 4.69) is 15.2 Å². The molecule has 0 fully saturated rings. The zero-order chi connectivity index (χ0) is 18.6. The molecule has 0 amide bonds. The summed E-state index contributed by atoms with van der Waals surface area (Å²) in [7, 11) is 1.65. The van der Waals surface area contributed by atoms with E-state index in [1.165, 1.54) is 11.3 Å². The maximum absolute atomic E-state index is 5.25. The molecular weight excluding hydrogens is 358 g/mol. The number of aromatic nitrogens is 4. The molecule has 6 nitrogen and oxygen atoms in total. The maximum atomic E-state index is 5.25. The van der Waals surface area contributed by atoms with Gasteiger partial charge in [-0.2, -0.15) is 5.10 Å². The van der Waals surface area contributed by atoms with Crippen LogP contribution in [0.2, 0.25) is 0 Å². The number of hydrogen-bond acceptors (Lipinski definition) is 6. The van der Waals surface area contributed by atoms with Gasteiger partial charge in [-0.15, -0.1) is 10.2 Å². The van der Waals surface area contributed by atoms with Crippen LogP contribution in [-0.2, 0) is 0 Å². The molecule has 0 bridgehead atoms. The highest BCUT2D eigenvalue weighted by atomic mass is 32.1. The second-order valence-corrected chi connectivity index (χ2v) is 6.96. The number of hydrogen-bond donors (Lipinski definition) is 0. The Bertz CT molecular complexity index is 1070. The Morgan fingerprint density at radius 1 is 1.04 bits per heavy atom. The van der Waals surface area contributed by atoms with E-state index in [1.807, 2.05) is 72.4 Å². The van der Waals surface area contributed by atoms with Gasteiger partial charge in [-0.3, -0.25) is 0 Å². The standard InChI is InChI=1S/C20H17N5OS/c1-14-22-23-20(27-14)21-12-16-13-25(17-6-4-3-5-7-17)24-19(16)15-8-10-18(26-2)11-9-15/h3-13H,1-2H3/b21-12+. The minimum atomic E-state index is 0.626. The summed E-state index contributed by atoms with van der Waals surface area (Å²) in [5, 5.41) is 14.3. The lowest BCUT2D eigenvalue weighted by Crippen LogP contribution is -1.94. The van der Waals surface area contributed by atoms with Crippen LogP contribution in [0.25, 0.3) is 16.9 Å². The molecule has 0 aliphatic heterocycles. The first kappa shape index (κ1) is 17.1. The van der Waals surface area contributed by atoms with Crippen molar-refractivity contribution < 1.29 is 4.74 Å². The first-order valence-electron chi connectivity index (χ1n) is 8.36. The van der Waals surface area contributed by atoms with Crippen LogP contribution in [0.1, 0.15) is 10.6 Å². The van der Waals surface area contributed by atoms with Crippen molar-refractivity contribution in [2.24, 2.45) is 4.99 Å². The number of aryl methyl sites for hydroxylation is 1. The zero-order valence-electron chi connectivity index (χ0n) is 14.9. The largest absolute Gasteiger partial charge is 0.497 e. The molecule has 0 aliphatic carbocycles. The Labute approximate surface area is 160 Å². The molecule has 7 heteroatoms. The summed E-state index contributed by atoms with van der Waals surface area (Å²) in [5.74, 6) is 0.806. The normalized spacial score (nSPS) is 11.2. The topological polar surface area (TPSA) is 65.2 Å². The van der Waals surface area contributed by atoms with E-state index in [0.717, 1.165) is 33.3 Å². The van der Waals surface area contributed by atoms with Crippen LogP contribution in [0.15, 0.2) is 65.8 Å². The Hall–Kier alpha value is -3.32. The van der Waals surface area contributed by atoms with Gasteiger partial charge in [-0.1, -0.05) is 29.5 Å². The number of nitrogens with zero attached hydrogens (tertiary/aromatic N) is 5. The minimum Gasteiger partial charge on any atom is -0.497 e. The molecule has 0 aliphatic rings. The van der Waals surface area contributed by atoms with E-state index in [1.54, 1.807) is 13.3 Å². The number of aliphatic imine (C=N–C) groups is 1. The fraction of sp³-hybridized carbons (Fsp3) is 0.100. The minimum absolute atomic E-state index is 0.626. The van der Waals surface area contributed by atoms with Gasteiger partial charge in [0.15, 0.2) is 0 Å². The molecule has 2 aromatic heterocycles. The third-order valence-corrected chi connectivity index (χ3v) is 4.70. The number of para-hydroxylation sites is 1. The Morgan fingerprint density at radius 2 is 1.81 bits per heavy atom. The predicted octanol–water partition coefficient (Wildman–Crippen LogP) is 4.46. The fourth-order valence-corrected chi connectivity index (χ4v) is 3.16. The van der Waals surface area contributed by atoms with Crippen molar-refractivity contribution in [1.29, 1.82) is 0 Å². The van der Waals surface area contributed by atoms with E-state index in [4.69, 9.17) is 9.84 Å². The van der Waals surface area contributed by atoms with Crippen molar-refractivity contribution in [3.63, 3.8) is 0 Å². The quantitative estimate of drug-likeness (QED) is 0.483. The van der Waals surface area contributed by atoms with E-state index in [0.29, 0.717) is 5.13 Å². The average molecular weight is 375 g/mol. The van der Waals surface area contributed by atoms with Crippen molar-refractivity contribution in [3.8, 4) is 22.7 Å². The highest BCUT2D eigenvalue weighted by Crippen LogP contribution is 2.26. The first-order valence-corrected chi connectivity index (χ1v) is 9.18. The van der Waals surface area contributed by atoms with Gasteiger partial charge < -0.3 is 4.74 Å². The van der Waals surface area contributed by atoms with Crippen LogP contribution in [0.3, 0.4) is 0 Å². The van der Waals surface area contributed by atoms with Crippen LogP contribution < -0.4 is 4.74 Å². The summed E-state index contributed by atoms with van der Waals surface area (Å²) in [6.45, 7) is 1.91. The summed E-state index contributed by atoms with van der Waals surface area (Å²) in [5.41, 5.74) is 3.71. The van der Waals surface area contributed by atoms with Crippen molar-refractivity contribution in [1.82, 2.24) is 20.0 Å². The molecule has 0 spiro atoms. The molecule has 27 heavy (non-hydrogen) atoms. The lowest BCUT2D eigenvalue weighted by molar-refractivity contribution is 0.415. The average Bonchev–Trinajstić information content (AvgIpc) is 3.33. The molecule has 2 heterocycles. The predicted molar refractivity (Wildman–Crippen MR) is 107 cm³/mol.